The standard InChI is InChI=1S/C13H16ClF3N2O2S.ClH/c1-8-7-18-5-4-11(8)19-22(20,21)12-6-9(13(15,16)17)2-3-10(12)14;/h2-3,6,8,11,18-19H,4-5,7H2,1H3;1H. The number of hydrogen-bond donors (Lipinski definition) is 2. The molecule has 2 atom stereocenters. The molecule has 0 spiro atoms. The molecule has 132 valence electrons. The van der Waals surface area contributed by atoms with Crippen molar-refractivity contribution >= 4 is 34.0 Å². The monoisotopic (exact) mass is 392 g/mol. The Bertz CT molecular complexity index is 653. The number of halogens is 5. The summed E-state index contributed by atoms with van der Waals surface area (Å²) < 4.78 is 65.4. The zero-order valence-electron chi connectivity index (χ0n) is 12.2. The Labute approximate surface area is 144 Å². The van der Waals surface area contributed by atoms with Crippen molar-refractivity contribution < 1.29 is 21.6 Å². The molecule has 0 bridgehead atoms. The lowest BCUT2D eigenvalue weighted by atomic mass is 9.97. The van der Waals surface area contributed by atoms with Gasteiger partial charge >= 0.3 is 6.18 Å². The molecule has 1 heterocycles. The Morgan fingerprint density at radius 1 is 1.35 bits per heavy atom. The number of benzene rings is 1. The third kappa shape index (κ3) is 4.96. The highest BCUT2D eigenvalue weighted by Gasteiger charge is 2.34. The van der Waals surface area contributed by atoms with E-state index in [0.29, 0.717) is 25.6 Å². The van der Waals surface area contributed by atoms with Gasteiger partial charge in [0.2, 0.25) is 10.0 Å². The van der Waals surface area contributed by atoms with Crippen LogP contribution in [0.2, 0.25) is 5.02 Å². The van der Waals surface area contributed by atoms with Gasteiger partial charge in [-0.1, -0.05) is 18.5 Å². The molecule has 10 heteroatoms. The van der Waals surface area contributed by atoms with E-state index in [1.807, 2.05) is 6.92 Å². The highest BCUT2D eigenvalue weighted by atomic mass is 35.5. The fourth-order valence-electron chi connectivity index (χ4n) is 2.34. The number of piperidine rings is 1. The van der Waals surface area contributed by atoms with Crippen molar-refractivity contribution in [3.05, 3.63) is 28.8 Å². The highest BCUT2D eigenvalue weighted by molar-refractivity contribution is 7.89. The van der Waals surface area contributed by atoms with Crippen LogP contribution in [-0.4, -0.2) is 27.5 Å². The number of alkyl halides is 3. The summed E-state index contributed by atoms with van der Waals surface area (Å²) in [4.78, 5) is -0.547. The van der Waals surface area contributed by atoms with Crippen molar-refractivity contribution in [2.24, 2.45) is 5.92 Å². The second-order valence-electron chi connectivity index (χ2n) is 5.34. The highest BCUT2D eigenvalue weighted by Crippen LogP contribution is 2.33. The van der Waals surface area contributed by atoms with Crippen LogP contribution in [0.5, 0.6) is 0 Å². The molecule has 0 amide bonds. The first-order chi connectivity index (χ1) is 10.1. The minimum atomic E-state index is -4.63. The number of rotatable bonds is 3. The number of hydrogen-bond acceptors (Lipinski definition) is 3. The van der Waals surface area contributed by atoms with E-state index in [1.54, 1.807) is 0 Å². The SMILES string of the molecule is CC1CNCCC1NS(=O)(=O)c1cc(C(F)(F)F)ccc1Cl.Cl. The molecule has 23 heavy (non-hydrogen) atoms. The van der Waals surface area contributed by atoms with Gasteiger partial charge in [-0.15, -0.1) is 12.4 Å². The molecule has 2 unspecified atom stereocenters. The molecular formula is C13H17Cl2F3N2O2S. The summed E-state index contributed by atoms with van der Waals surface area (Å²) in [5.41, 5.74) is -1.05. The largest absolute Gasteiger partial charge is 0.416 e. The minimum absolute atomic E-state index is 0. The van der Waals surface area contributed by atoms with E-state index in [4.69, 9.17) is 11.6 Å². The Hall–Kier alpha value is -0.540. The van der Waals surface area contributed by atoms with Crippen LogP contribution in [-0.2, 0) is 16.2 Å². The third-order valence-corrected chi connectivity index (χ3v) is 5.61. The van der Waals surface area contributed by atoms with E-state index in [2.05, 4.69) is 10.0 Å². The first-order valence-electron chi connectivity index (χ1n) is 6.71. The molecule has 4 nitrogen and oxygen atoms in total. The summed E-state index contributed by atoms with van der Waals surface area (Å²) in [6.07, 6.45) is -4.06. The van der Waals surface area contributed by atoms with E-state index in [9.17, 15) is 21.6 Å². The van der Waals surface area contributed by atoms with Gasteiger partial charge in [0.05, 0.1) is 10.6 Å². The quantitative estimate of drug-likeness (QED) is 0.830. The lowest BCUT2D eigenvalue weighted by Gasteiger charge is -2.30. The fraction of sp³-hybridized carbons (Fsp3) is 0.538. The second-order valence-corrected chi connectivity index (χ2v) is 7.43. The molecule has 0 saturated carbocycles. The molecule has 1 saturated heterocycles. The van der Waals surface area contributed by atoms with Crippen molar-refractivity contribution in [2.75, 3.05) is 13.1 Å². The maximum atomic E-state index is 12.7. The first kappa shape index (κ1) is 20.5. The smallest absolute Gasteiger partial charge is 0.316 e. The van der Waals surface area contributed by atoms with E-state index < -0.39 is 26.7 Å². The maximum Gasteiger partial charge on any atom is 0.416 e. The molecule has 1 aromatic carbocycles. The Morgan fingerprint density at radius 2 is 2.00 bits per heavy atom. The van der Waals surface area contributed by atoms with E-state index in [1.165, 1.54) is 0 Å². The lowest BCUT2D eigenvalue weighted by molar-refractivity contribution is -0.137. The van der Waals surface area contributed by atoms with Gasteiger partial charge in [0, 0.05) is 6.04 Å². The van der Waals surface area contributed by atoms with Crippen molar-refractivity contribution in [3.8, 4) is 0 Å². The molecule has 1 aliphatic rings. The normalized spacial score (nSPS) is 22.5. The molecule has 0 aliphatic carbocycles. The van der Waals surface area contributed by atoms with Crippen LogP contribution in [0.25, 0.3) is 0 Å². The van der Waals surface area contributed by atoms with Crippen LogP contribution in [0, 0.1) is 5.92 Å². The van der Waals surface area contributed by atoms with Gasteiger partial charge in [-0.2, -0.15) is 13.2 Å². The summed E-state index contributed by atoms with van der Waals surface area (Å²) >= 11 is 5.79. The molecule has 1 aliphatic heterocycles. The summed E-state index contributed by atoms with van der Waals surface area (Å²) in [5.74, 6) is 0.0353. The maximum absolute atomic E-state index is 12.7. The van der Waals surface area contributed by atoms with E-state index in [0.717, 1.165) is 12.1 Å². The molecular weight excluding hydrogens is 376 g/mol. The summed E-state index contributed by atoms with van der Waals surface area (Å²) in [7, 11) is -4.12. The van der Waals surface area contributed by atoms with Gasteiger partial charge in [0.25, 0.3) is 0 Å². The van der Waals surface area contributed by atoms with Crippen LogP contribution in [0.4, 0.5) is 13.2 Å². The molecule has 0 aromatic heterocycles. The summed E-state index contributed by atoms with van der Waals surface area (Å²) in [5, 5.41) is 2.89. The number of nitrogens with one attached hydrogen (secondary N) is 2. The van der Waals surface area contributed by atoms with Crippen molar-refractivity contribution in [1.82, 2.24) is 10.0 Å². The lowest BCUT2D eigenvalue weighted by Crippen LogP contribution is -2.48. The van der Waals surface area contributed by atoms with Gasteiger partial charge in [0.1, 0.15) is 4.90 Å². The Morgan fingerprint density at radius 3 is 2.57 bits per heavy atom. The average molecular weight is 393 g/mol. The Balaban J connectivity index is 0.00000264. The topological polar surface area (TPSA) is 58.2 Å². The van der Waals surface area contributed by atoms with Crippen molar-refractivity contribution in [2.45, 2.75) is 30.5 Å². The van der Waals surface area contributed by atoms with Crippen LogP contribution < -0.4 is 10.0 Å². The summed E-state index contributed by atoms with van der Waals surface area (Å²) in [6, 6.07) is 1.94. The molecule has 2 rings (SSSR count). The van der Waals surface area contributed by atoms with Crippen LogP contribution >= 0.6 is 24.0 Å². The van der Waals surface area contributed by atoms with Gasteiger partial charge in [-0.3, -0.25) is 0 Å². The van der Waals surface area contributed by atoms with E-state index in [-0.39, 0.29) is 29.4 Å². The second kappa shape index (κ2) is 7.57. The average Bonchev–Trinajstić information content (AvgIpc) is 2.40. The minimum Gasteiger partial charge on any atom is -0.316 e. The van der Waals surface area contributed by atoms with Gasteiger partial charge in [-0.05, 0) is 43.6 Å². The fourth-order valence-corrected chi connectivity index (χ4v) is 4.24. The first-order valence-corrected chi connectivity index (χ1v) is 8.57. The van der Waals surface area contributed by atoms with Crippen molar-refractivity contribution in [3.63, 3.8) is 0 Å². The zero-order chi connectivity index (χ0) is 16.5. The molecule has 1 fully saturated rings. The zero-order valence-corrected chi connectivity index (χ0v) is 14.5. The van der Waals surface area contributed by atoms with Crippen LogP contribution in [0.15, 0.2) is 23.1 Å². The predicted molar refractivity (Wildman–Crippen MR) is 84.5 cm³/mol. The summed E-state index contributed by atoms with van der Waals surface area (Å²) in [6.45, 7) is 3.16. The van der Waals surface area contributed by atoms with E-state index >= 15 is 0 Å². The molecule has 2 N–H and O–H groups in total. The number of sulfonamides is 1. The van der Waals surface area contributed by atoms with Crippen LogP contribution in [0.3, 0.4) is 0 Å². The molecule has 1 aromatic rings. The van der Waals surface area contributed by atoms with Crippen LogP contribution in [0.1, 0.15) is 18.9 Å². The van der Waals surface area contributed by atoms with Gasteiger partial charge < -0.3 is 5.32 Å². The third-order valence-electron chi connectivity index (χ3n) is 3.64. The van der Waals surface area contributed by atoms with Crippen molar-refractivity contribution in [1.29, 1.82) is 0 Å². The predicted octanol–water partition coefficient (Wildman–Crippen LogP) is 3.06. The van der Waals surface area contributed by atoms with Gasteiger partial charge in [-0.25, -0.2) is 13.1 Å². The molecule has 0 radical (unpaired) electrons. The van der Waals surface area contributed by atoms with Gasteiger partial charge in [0.15, 0.2) is 0 Å². The Kier molecular flexibility index (Phi) is 6.74.